The molecule has 1 aromatic heterocycles. The van der Waals surface area contributed by atoms with Gasteiger partial charge >= 0.3 is 0 Å². The zero-order valence-electron chi connectivity index (χ0n) is 14.4. The number of benzene rings is 2. The molecule has 0 aliphatic heterocycles. The zero-order valence-corrected chi connectivity index (χ0v) is 15.2. The third-order valence-electron chi connectivity index (χ3n) is 3.79. The van der Waals surface area contributed by atoms with Crippen molar-refractivity contribution >= 4 is 9.84 Å². The molecule has 2 aromatic carbocycles. The SMILES string of the molecule is COc1ccc(Oc2ccc(S(=O)(=O)Cn3cccc(O)c3=O)cc2)cc1. The summed E-state index contributed by atoms with van der Waals surface area (Å²) in [6.45, 7) is 0. The van der Waals surface area contributed by atoms with Gasteiger partial charge in [0.05, 0.1) is 12.0 Å². The number of aromatic nitrogens is 1. The van der Waals surface area contributed by atoms with Gasteiger partial charge in [0.1, 0.15) is 23.1 Å². The van der Waals surface area contributed by atoms with Crippen LogP contribution in [0.5, 0.6) is 23.0 Å². The van der Waals surface area contributed by atoms with Gasteiger partial charge in [-0.05, 0) is 60.7 Å². The predicted molar refractivity (Wildman–Crippen MR) is 99.1 cm³/mol. The van der Waals surface area contributed by atoms with Crippen molar-refractivity contribution in [2.45, 2.75) is 10.8 Å². The van der Waals surface area contributed by atoms with Crippen molar-refractivity contribution in [2.75, 3.05) is 7.11 Å². The monoisotopic (exact) mass is 387 g/mol. The Balaban J connectivity index is 1.77. The molecule has 0 aliphatic rings. The van der Waals surface area contributed by atoms with Crippen LogP contribution in [0.3, 0.4) is 0 Å². The van der Waals surface area contributed by atoms with Gasteiger partial charge in [0, 0.05) is 6.20 Å². The number of pyridine rings is 1. The predicted octanol–water partition coefficient (Wildman–Crippen LogP) is 2.79. The quantitative estimate of drug-likeness (QED) is 0.699. The van der Waals surface area contributed by atoms with Crippen LogP contribution in [0.15, 0.2) is 76.6 Å². The number of aromatic hydroxyl groups is 1. The average Bonchev–Trinajstić information content (AvgIpc) is 2.66. The fourth-order valence-electron chi connectivity index (χ4n) is 2.38. The summed E-state index contributed by atoms with van der Waals surface area (Å²) in [6, 6.07) is 15.4. The van der Waals surface area contributed by atoms with Crippen molar-refractivity contribution < 1.29 is 23.0 Å². The highest BCUT2D eigenvalue weighted by Gasteiger charge is 2.17. The fraction of sp³-hybridized carbons (Fsp3) is 0.105. The van der Waals surface area contributed by atoms with Gasteiger partial charge < -0.3 is 14.6 Å². The normalized spacial score (nSPS) is 11.1. The summed E-state index contributed by atoms with van der Waals surface area (Å²) >= 11 is 0. The first kappa shape index (κ1) is 18.5. The van der Waals surface area contributed by atoms with E-state index in [4.69, 9.17) is 9.47 Å². The Morgan fingerprint density at radius 1 is 0.926 bits per heavy atom. The third kappa shape index (κ3) is 4.29. The molecule has 3 aromatic rings. The number of rotatable bonds is 6. The van der Waals surface area contributed by atoms with E-state index in [9.17, 15) is 18.3 Å². The van der Waals surface area contributed by atoms with E-state index in [0.29, 0.717) is 17.2 Å². The lowest BCUT2D eigenvalue weighted by Crippen LogP contribution is -2.23. The highest BCUT2D eigenvalue weighted by Crippen LogP contribution is 2.25. The van der Waals surface area contributed by atoms with Crippen molar-refractivity contribution in [1.82, 2.24) is 4.57 Å². The van der Waals surface area contributed by atoms with Crippen LogP contribution in [0.2, 0.25) is 0 Å². The minimum Gasteiger partial charge on any atom is -0.503 e. The second-order valence-corrected chi connectivity index (χ2v) is 7.62. The molecule has 0 aliphatic carbocycles. The van der Waals surface area contributed by atoms with E-state index in [1.54, 1.807) is 31.4 Å². The van der Waals surface area contributed by atoms with Gasteiger partial charge in [-0.1, -0.05) is 0 Å². The molecule has 3 rings (SSSR count). The lowest BCUT2D eigenvalue weighted by Gasteiger charge is -2.09. The van der Waals surface area contributed by atoms with Crippen molar-refractivity contribution in [2.24, 2.45) is 0 Å². The summed E-state index contributed by atoms with van der Waals surface area (Å²) in [5.41, 5.74) is -0.763. The summed E-state index contributed by atoms with van der Waals surface area (Å²) in [4.78, 5) is 11.8. The maximum Gasteiger partial charge on any atom is 0.293 e. The van der Waals surface area contributed by atoms with E-state index in [0.717, 1.165) is 4.57 Å². The molecule has 0 bridgehead atoms. The Labute approximate surface area is 156 Å². The molecule has 0 amide bonds. The Morgan fingerprint density at radius 3 is 2.07 bits per heavy atom. The van der Waals surface area contributed by atoms with E-state index in [2.05, 4.69) is 0 Å². The van der Waals surface area contributed by atoms with E-state index in [1.807, 2.05) is 0 Å². The van der Waals surface area contributed by atoms with Crippen LogP contribution >= 0.6 is 0 Å². The summed E-state index contributed by atoms with van der Waals surface area (Å²) in [7, 11) is -2.20. The van der Waals surface area contributed by atoms with Crippen molar-refractivity contribution in [1.29, 1.82) is 0 Å². The van der Waals surface area contributed by atoms with Crippen molar-refractivity contribution in [3.8, 4) is 23.0 Å². The molecule has 0 fully saturated rings. The topological polar surface area (TPSA) is 94.8 Å². The average molecular weight is 387 g/mol. The molecule has 7 nitrogen and oxygen atoms in total. The van der Waals surface area contributed by atoms with E-state index >= 15 is 0 Å². The standard InChI is InChI=1S/C19H17NO6S/c1-25-14-4-6-15(7-5-14)26-16-8-10-17(11-9-16)27(23,24)13-20-12-2-3-18(21)19(20)22/h2-12,21H,13H2,1H3. The van der Waals surface area contributed by atoms with Gasteiger partial charge in [-0.2, -0.15) is 0 Å². The molecule has 0 radical (unpaired) electrons. The number of hydrogen-bond donors (Lipinski definition) is 1. The molecule has 1 N–H and O–H groups in total. The Bertz CT molecular complexity index is 1090. The first-order valence-corrected chi connectivity index (χ1v) is 9.57. The molecule has 1 heterocycles. The smallest absolute Gasteiger partial charge is 0.293 e. The molecule has 140 valence electrons. The summed E-state index contributed by atoms with van der Waals surface area (Å²) in [6.07, 6.45) is 1.31. The van der Waals surface area contributed by atoms with Crippen LogP contribution in [-0.2, 0) is 15.7 Å². The number of ether oxygens (including phenoxy) is 2. The van der Waals surface area contributed by atoms with E-state index < -0.39 is 27.0 Å². The molecular weight excluding hydrogens is 370 g/mol. The largest absolute Gasteiger partial charge is 0.503 e. The van der Waals surface area contributed by atoms with Crippen molar-refractivity contribution in [3.63, 3.8) is 0 Å². The Morgan fingerprint density at radius 2 is 1.48 bits per heavy atom. The number of hydrogen-bond acceptors (Lipinski definition) is 6. The summed E-state index contributed by atoms with van der Waals surface area (Å²) < 4.78 is 36.7. The molecular formula is C19H17NO6S. The zero-order chi connectivity index (χ0) is 19.4. The highest BCUT2D eigenvalue weighted by molar-refractivity contribution is 7.90. The van der Waals surface area contributed by atoms with Gasteiger partial charge in [0.25, 0.3) is 5.56 Å². The summed E-state index contributed by atoms with van der Waals surface area (Å²) in [5.74, 6) is 0.673. The minimum atomic E-state index is -3.77. The Kier molecular flexibility index (Phi) is 5.18. The molecule has 0 atom stereocenters. The van der Waals surface area contributed by atoms with Crippen molar-refractivity contribution in [3.05, 3.63) is 77.2 Å². The maximum atomic E-state index is 12.5. The molecule has 8 heteroatoms. The second-order valence-electron chi connectivity index (χ2n) is 5.66. The molecule has 0 saturated heterocycles. The second kappa shape index (κ2) is 7.55. The van der Waals surface area contributed by atoms with Gasteiger partial charge in [-0.3, -0.25) is 9.36 Å². The first-order valence-electron chi connectivity index (χ1n) is 7.92. The van der Waals surface area contributed by atoms with Crippen LogP contribution in [-0.4, -0.2) is 25.2 Å². The number of sulfone groups is 1. The highest BCUT2D eigenvalue weighted by atomic mass is 32.2. The van der Waals surface area contributed by atoms with E-state index in [-0.39, 0.29) is 4.90 Å². The number of nitrogens with zero attached hydrogens (tertiary/aromatic N) is 1. The van der Waals surface area contributed by atoms with Crippen LogP contribution in [0.25, 0.3) is 0 Å². The first-order chi connectivity index (χ1) is 12.9. The molecule has 27 heavy (non-hydrogen) atoms. The molecule has 0 spiro atoms. The molecule has 0 saturated carbocycles. The maximum absolute atomic E-state index is 12.5. The van der Waals surface area contributed by atoms with Gasteiger partial charge in [-0.15, -0.1) is 0 Å². The minimum absolute atomic E-state index is 0.0415. The van der Waals surface area contributed by atoms with Gasteiger partial charge in [-0.25, -0.2) is 8.42 Å². The Hall–Kier alpha value is -3.26. The van der Waals surface area contributed by atoms with Crippen LogP contribution in [0.4, 0.5) is 0 Å². The third-order valence-corrected chi connectivity index (χ3v) is 5.40. The van der Waals surface area contributed by atoms with Crippen LogP contribution in [0.1, 0.15) is 0 Å². The van der Waals surface area contributed by atoms with Gasteiger partial charge in [0.2, 0.25) is 0 Å². The van der Waals surface area contributed by atoms with E-state index in [1.165, 1.54) is 42.6 Å². The lowest BCUT2D eigenvalue weighted by atomic mass is 10.3. The number of methoxy groups -OCH3 is 1. The van der Waals surface area contributed by atoms with Gasteiger partial charge in [0.15, 0.2) is 15.6 Å². The van der Waals surface area contributed by atoms with Crippen LogP contribution in [0, 0.1) is 0 Å². The van der Waals surface area contributed by atoms with Crippen LogP contribution < -0.4 is 15.0 Å². The lowest BCUT2D eigenvalue weighted by molar-refractivity contribution is 0.413. The fourth-order valence-corrected chi connectivity index (χ4v) is 3.65. The summed E-state index contributed by atoms with van der Waals surface area (Å²) in [5, 5.41) is 9.42. The molecule has 0 unspecified atom stereocenters.